The monoisotopic (exact) mass is 1850 g/mol. The van der Waals surface area contributed by atoms with E-state index in [1.807, 2.05) is 0 Å². The van der Waals surface area contributed by atoms with Gasteiger partial charge in [0, 0.05) is 83.5 Å². The van der Waals surface area contributed by atoms with Crippen LogP contribution in [0.1, 0.15) is 132 Å². The minimum Gasteiger partial charge on any atom is -0.504 e. The van der Waals surface area contributed by atoms with Crippen LogP contribution in [0.4, 0.5) is 0 Å². The van der Waals surface area contributed by atoms with E-state index in [9.17, 15) is 168 Å². The van der Waals surface area contributed by atoms with E-state index in [1.54, 1.807) is 0 Å². The highest BCUT2D eigenvalue weighted by molar-refractivity contribution is 6.20. The zero-order valence-electron chi connectivity index (χ0n) is 64.6. The van der Waals surface area contributed by atoms with Crippen LogP contribution in [-0.2, 0) is 47.4 Å². The van der Waals surface area contributed by atoms with E-state index in [1.165, 1.54) is 0 Å². The zero-order valence-corrected chi connectivity index (χ0v) is 64.6. The van der Waals surface area contributed by atoms with E-state index in [0.717, 1.165) is 0 Å². The molecule has 0 saturated heterocycles. The van der Waals surface area contributed by atoms with Crippen molar-refractivity contribution in [1.82, 2.24) is 0 Å². The van der Waals surface area contributed by atoms with Crippen LogP contribution in [0, 0.1) is 0 Å². The van der Waals surface area contributed by atoms with Gasteiger partial charge in [-0.1, -0.05) is 0 Å². The second-order valence-corrected chi connectivity index (χ2v) is 30.3. The van der Waals surface area contributed by atoms with Crippen LogP contribution in [0.5, 0.6) is 172 Å². The molecular formula is C82H50O51. The molecule has 10 atom stereocenters. The fraction of sp³-hybridized carbons (Fsp3) is 0.146. The molecule has 20 rings (SSSR count). The molecule has 0 spiro atoms. The average Bonchev–Trinajstić information content (AvgIpc) is 1.41. The highest BCUT2D eigenvalue weighted by atomic mass is 16.7. The second kappa shape index (κ2) is 28.4. The van der Waals surface area contributed by atoms with Gasteiger partial charge in [0.1, 0.15) is 19.3 Å². The number of esters is 10. The number of aliphatic hydroxyl groups is 1. The summed E-state index contributed by atoms with van der Waals surface area (Å²) in [6.45, 7) is -4.22. The van der Waals surface area contributed by atoms with Crippen molar-refractivity contribution in [1.29, 1.82) is 0 Å². The Bertz CT molecular complexity index is 7280. The van der Waals surface area contributed by atoms with Crippen molar-refractivity contribution in [3.05, 3.63) is 103 Å². The van der Waals surface area contributed by atoms with Crippen LogP contribution in [0.25, 0.3) is 66.8 Å². The molecule has 0 aliphatic carbocycles. The van der Waals surface area contributed by atoms with Gasteiger partial charge in [-0.2, -0.15) is 0 Å². The summed E-state index contributed by atoms with van der Waals surface area (Å²) in [7, 11) is 0. The molecule has 10 aliphatic heterocycles. The smallest absolute Gasteiger partial charge is 0.340 e. The zero-order chi connectivity index (χ0) is 96.3. The number of ether oxygens (including phenoxy) is 10. The minimum absolute atomic E-state index is 0.0437. The molecule has 51 heteroatoms. The lowest BCUT2D eigenvalue weighted by Gasteiger charge is -2.43. The van der Waals surface area contributed by atoms with Crippen molar-refractivity contribution in [3.8, 4) is 239 Å². The standard InChI is InChI=1S/C82H50O51/c83-13-1-8-20(46(93)41(13)88)21-9(2-14(84)42(89)47(21)94)76(117)128-67-18(6-124-73(8)114)126-74(115)10-3-15(85)43(90)48(95)22(10)26-36-28(54(101)62(109)52(26)99)29-38-33(59(106)65(112)55(29)102)34(69(130-79(38)120)71(67)132-80(36)121)32-35-25(51(98)64(111)58(32)105)24-12(5-17(87)45(92)50(24)97)77(118)129-68-19(7-125-78(35)119)127-75(116)11-4-16(86)44(91)49(96)23(11)27-37-30(56(103)63(110)53(27)100)31-39-40(60(107)66(113)57(31)104)61(108)70(131-82(39)123)72(68)133-81(37)122/h1-5,18-19,34,61,67-72,83-113H,6-7H2. The normalized spacial score (nSPS) is 20.8. The largest absolute Gasteiger partial charge is 0.504 e. The first-order valence-electron chi connectivity index (χ1n) is 37.2. The third-order valence-electron chi connectivity index (χ3n) is 23.4. The van der Waals surface area contributed by atoms with Gasteiger partial charge in [0.15, 0.2) is 164 Å². The quantitative estimate of drug-likeness (QED) is 0.0638. The van der Waals surface area contributed by atoms with Gasteiger partial charge < -0.3 is 206 Å². The van der Waals surface area contributed by atoms with Gasteiger partial charge >= 0.3 is 59.7 Å². The van der Waals surface area contributed by atoms with Crippen molar-refractivity contribution in [3.63, 3.8) is 0 Å². The fourth-order valence-corrected chi connectivity index (χ4v) is 17.5. The first-order valence-corrected chi connectivity index (χ1v) is 37.2. The van der Waals surface area contributed by atoms with Gasteiger partial charge in [0.05, 0.1) is 61.6 Å². The number of carbonyl (C=O) groups excluding carboxylic acids is 10. The summed E-state index contributed by atoms with van der Waals surface area (Å²) in [4.78, 5) is 159. The first kappa shape index (κ1) is 84.7. The summed E-state index contributed by atoms with van der Waals surface area (Å²) >= 11 is 0. The Morgan fingerprint density at radius 1 is 0.180 bits per heavy atom. The Balaban J connectivity index is 0.956. The predicted molar refractivity (Wildman–Crippen MR) is 409 cm³/mol. The van der Waals surface area contributed by atoms with Crippen molar-refractivity contribution < 1.29 is 254 Å². The molecule has 0 amide bonds. The van der Waals surface area contributed by atoms with Crippen LogP contribution in [0.2, 0.25) is 0 Å². The molecule has 133 heavy (non-hydrogen) atoms. The number of carbonyl (C=O) groups is 10. The Morgan fingerprint density at radius 3 is 0.729 bits per heavy atom. The maximum absolute atomic E-state index is 16.8. The van der Waals surface area contributed by atoms with Crippen LogP contribution in [-0.4, -0.2) is 280 Å². The lowest BCUT2D eigenvalue weighted by atomic mass is 9.72. The number of hydrogen-bond donors (Lipinski definition) is 31. The molecule has 10 aromatic rings. The van der Waals surface area contributed by atoms with E-state index in [0.29, 0.717) is 0 Å². The average molecular weight is 1850 g/mol. The van der Waals surface area contributed by atoms with Gasteiger partial charge in [-0.05, 0) is 30.3 Å². The lowest BCUT2D eigenvalue weighted by Crippen LogP contribution is -2.56. The maximum Gasteiger partial charge on any atom is 0.340 e. The SMILES string of the molecule is O=C1OCC2OC(=O)c3cc(O)c(O)c(O)c3-c3c(O)c(O)c(O)c4c3C(=O)OC(C2OC(=O)c2cc(O)c(O)c(O)c2-c2c1cc(O)c(O)c2O)C1OC(=O)c2c-4c(O)c(O)c(O)c2C1c1c(O)c(O)c(O)c2c1C(=O)OCC1OC(=O)c3cc(O)c(O)c(O)c3-c3c(O)c(O)c(O)c4c3C(=O)OC(C1OC(=O)c1cc(O)c(O)c(O)c1-2)C1OC(=O)c2c-4c(O)c(O)c(O)c2C1O. The van der Waals surface area contributed by atoms with Crippen LogP contribution >= 0.6 is 0 Å². The molecule has 684 valence electrons. The van der Waals surface area contributed by atoms with Crippen LogP contribution < -0.4 is 0 Å². The first-order chi connectivity index (χ1) is 62.6. The number of hydrogen-bond acceptors (Lipinski definition) is 51. The number of phenolic OH excluding ortho intramolecular Hbond substituents is 30. The predicted octanol–water partition coefficient (Wildman–Crippen LogP) is 3.05. The molecule has 51 nitrogen and oxygen atoms in total. The van der Waals surface area contributed by atoms with E-state index in [2.05, 4.69) is 0 Å². The van der Waals surface area contributed by atoms with Crippen LogP contribution in [0.3, 0.4) is 0 Å². The molecule has 31 N–H and O–H groups in total. The number of benzene rings is 10. The molecule has 10 heterocycles. The second-order valence-electron chi connectivity index (χ2n) is 30.3. The summed E-state index contributed by atoms with van der Waals surface area (Å²) < 4.78 is 58.6. The third-order valence-corrected chi connectivity index (χ3v) is 23.4. The summed E-state index contributed by atoms with van der Waals surface area (Å²) in [5.41, 5.74) is -42.6. The summed E-state index contributed by atoms with van der Waals surface area (Å²) in [5, 5.41) is 369. The molecule has 12 bridgehead atoms. The Hall–Kier alpha value is -19.1. The van der Waals surface area contributed by atoms with E-state index >= 15 is 38.4 Å². The molecule has 10 aromatic carbocycles. The Labute approximate surface area is 726 Å². The fourth-order valence-electron chi connectivity index (χ4n) is 17.5. The van der Waals surface area contributed by atoms with Crippen molar-refractivity contribution in [2.24, 2.45) is 0 Å². The van der Waals surface area contributed by atoms with E-state index in [-0.39, 0.29) is 30.3 Å². The van der Waals surface area contributed by atoms with Gasteiger partial charge in [-0.25, -0.2) is 47.9 Å². The molecule has 10 unspecified atom stereocenters. The highest BCUT2D eigenvalue weighted by Gasteiger charge is 2.61. The third kappa shape index (κ3) is 11.3. The molecule has 0 radical (unpaired) electrons. The minimum atomic E-state index is -3.66. The van der Waals surface area contributed by atoms with Crippen molar-refractivity contribution in [2.45, 2.75) is 60.9 Å². The highest BCUT2D eigenvalue weighted by Crippen LogP contribution is 2.68. The Morgan fingerprint density at radius 2 is 0.391 bits per heavy atom. The van der Waals surface area contributed by atoms with Gasteiger partial charge in [0.25, 0.3) is 0 Å². The van der Waals surface area contributed by atoms with Crippen LogP contribution in [0.15, 0.2) is 30.3 Å². The summed E-state index contributed by atoms with van der Waals surface area (Å²) in [5.74, 6) is -84.2. The summed E-state index contributed by atoms with van der Waals surface area (Å²) in [6, 6.07) is 0.454. The summed E-state index contributed by atoms with van der Waals surface area (Å²) in [6.07, 6.45) is -30.1. The molecule has 0 aromatic heterocycles. The lowest BCUT2D eigenvalue weighted by molar-refractivity contribution is -0.154. The number of phenols is 30. The van der Waals surface area contributed by atoms with Gasteiger partial charge in [-0.15, -0.1) is 0 Å². The van der Waals surface area contributed by atoms with E-state index in [4.69, 9.17) is 47.4 Å². The maximum atomic E-state index is 16.8. The number of aromatic hydroxyl groups is 30. The van der Waals surface area contributed by atoms with Gasteiger partial charge in [-0.3, -0.25) is 0 Å². The molecular weight excluding hydrogens is 1800 g/mol. The number of rotatable bonds is 1. The topological polar surface area (TPSA) is 890 Å². The van der Waals surface area contributed by atoms with E-state index < -0.39 is 445 Å². The van der Waals surface area contributed by atoms with Gasteiger partial charge in [0.2, 0.25) is 57.5 Å². The molecule has 0 saturated carbocycles. The molecule has 10 aliphatic rings. The molecule has 0 fully saturated rings. The van der Waals surface area contributed by atoms with Crippen molar-refractivity contribution in [2.75, 3.05) is 13.2 Å². The number of fused-ring (bicyclic) bond motifs is 14. The Kier molecular flexibility index (Phi) is 18.1. The number of cyclic esters (lactones) is 2. The van der Waals surface area contributed by atoms with Crippen molar-refractivity contribution >= 4 is 59.7 Å². The number of aliphatic hydroxyl groups excluding tert-OH is 1.